The third-order valence-electron chi connectivity index (χ3n) is 5.64. The number of rotatable bonds is 9. The maximum Gasteiger partial charge on any atom is 0.193 e. The van der Waals surface area contributed by atoms with Crippen molar-refractivity contribution in [3.63, 3.8) is 0 Å². The third-order valence-corrected chi connectivity index (χ3v) is 5.64. The molecule has 1 aromatic carbocycles. The molecular formula is C22H37IN4O3. The molecule has 1 atom stereocenters. The summed E-state index contributed by atoms with van der Waals surface area (Å²) >= 11 is 0. The zero-order valence-electron chi connectivity index (χ0n) is 18.3. The number of halogens is 1. The molecule has 170 valence electrons. The Morgan fingerprint density at radius 2 is 1.93 bits per heavy atom. The van der Waals surface area contributed by atoms with Crippen LogP contribution in [0.25, 0.3) is 0 Å². The molecule has 0 saturated carbocycles. The Hall–Kier alpha value is -0.940. The topological polar surface area (TPSA) is 58.6 Å². The van der Waals surface area contributed by atoms with Crippen LogP contribution in [0.4, 0.5) is 0 Å². The number of benzene rings is 1. The van der Waals surface area contributed by atoms with Crippen LogP contribution in [0.15, 0.2) is 29.3 Å². The van der Waals surface area contributed by atoms with E-state index in [1.807, 2.05) is 7.05 Å². The van der Waals surface area contributed by atoms with Crippen LogP contribution in [0.2, 0.25) is 0 Å². The van der Waals surface area contributed by atoms with Crippen LogP contribution in [-0.4, -0.2) is 89.1 Å². The first-order valence-electron chi connectivity index (χ1n) is 10.7. The van der Waals surface area contributed by atoms with Gasteiger partial charge in [0.25, 0.3) is 0 Å². The fraction of sp³-hybridized carbons (Fsp3) is 0.682. The van der Waals surface area contributed by atoms with E-state index in [0.29, 0.717) is 19.1 Å². The van der Waals surface area contributed by atoms with Crippen molar-refractivity contribution in [1.82, 2.24) is 15.1 Å². The first-order chi connectivity index (χ1) is 14.3. The van der Waals surface area contributed by atoms with Crippen molar-refractivity contribution >= 4 is 29.9 Å². The molecule has 0 amide bonds. The van der Waals surface area contributed by atoms with Crippen molar-refractivity contribution in [3.8, 4) is 0 Å². The van der Waals surface area contributed by atoms with Crippen LogP contribution in [-0.2, 0) is 27.3 Å². The minimum Gasteiger partial charge on any atom is -0.382 e. The van der Waals surface area contributed by atoms with E-state index in [4.69, 9.17) is 14.2 Å². The van der Waals surface area contributed by atoms with Crippen molar-refractivity contribution in [2.45, 2.75) is 19.5 Å². The maximum absolute atomic E-state index is 5.71. The molecule has 2 fully saturated rings. The Morgan fingerprint density at radius 3 is 2.67 bits per heavy atom. The molecule has 0 bridgehead atoms. The molecule has 2 aliphatic heterocycles. The van der Waals surface area contributed by atoms with Crippen LogP contribution in [0, 0.1) is 5.92 Å². The Labute approximate surface area is 198 Å². The first-order valence-corrected chi connectivity index (χ1v) is 10.7. The smallest absolute Gasteiger partial charge is 0.193 e. The molecule has 0 aliphatic carbocycles. The molecule has 7 nitrogen and oxygen atoms in total. The zero-order valence-corrected chi connectivity index (χ0v) is 20.7. The third kappa shape index (κ3) is 7.96. The van der Waals surface area contributed by atoms with Gasteiger partial charge >= 0.3 is 0 Å². The Bertz CT molecular complexity index is 641. The van der Waals surface area contributed by atoms with Gasteiger partial charge in [0.15, 0.2) is 5.96 Å². The summed E-state index contributed by atoms with van der Waals surface area (Å²) in [6.07, 6.45) is 1.14. The highest BCUT2D eigenvalue weighted by molar-refractivity contribution is 14.0. The normalized spacial score (nSPS) is 20.3. The lowest BCUT2D eigenvalue weighted by molar-refractivity contribution is 0.0341. The zero-order chi connectivity index (χ0) is 20.3. The predicted octanol–water partition coefficient (Wildman–Crippen LogP) is 2.20. The van der Waals surface area contributed by atoms with Crippen molar-refractivity contribution in [3.05, 3.63) is 35.4 Å². The summed E-state index contributed by atoms with van der Waals surface area (Å²) in [5.41, 5.74) is 2.71. The van der Waals surface area contributed by atoms with Gasteiger partial charge in [0.05, 0.1) is 33.0 Å². The average molecular weight is 532 g/mol. The van der Waals surface area contributed by atoms with E-state index in [1.54, 1.807) is 7.11 Å². The molecule has 3 rings (SSSR count). The van der Waals surface area contributed by atoms with Gasteiger partial charge in [0.2, 0.25) is 0 Å². The van der Waals surface area contributed by atoms with Gasteiger partial charge in [-0.25, -0.2) is 0 Å². The van der Waals surface area contributed by atoms with Crippen molar-refractivity contribution in [1.29, 1.82) is 0 Å². The van der Waals surface area contributed by atoms with Gasteiger partial charge in [-0.3, -0.25) is 9.89 Å². The van der Waals surface area contributed by atoms with Gasteiger partial charge < -0.3 is 24.4 Å². The standard InChI is InChI=1S/C22H36N4O3.HI/c1-23-22(26-8-7-19(16-26)18-29-14-13-27-2)24-15-20-5-3-4-6-21(20)17-25-9-11-28-12-10-25;/h3-6,19H,7-18H2,1-2H3,(H,23,24);1H. The fourth-order valence-corrected chi connectivity index (χ4v) is 3.94. The summed E-state index contributed by atoms with van der Waals surface area (Å²) < 4.78 is 16.2. The molecule has 2 heterocycles. The van der Waals surface area contributed by atoms with Gasteiger partial charge in [-0.05, 0) is 17.5 Å². The average Bonchev–Trinajstić information content (AvgIpc) is 3.22. The van der Waals surface area contributed by atoms with Crippen molar-refractivity contribution in [2.24, 2.45) is 10.9 Å². The van der Waals surface area contributed by atoms with Crippen LogP contribution >= 0.6 is 24.0 Å². The number of nitrogens with zero attached hydrogens (tertiary/aromatic N) is 3. The molecule has 1 N–H and O–H groups in total. The SMILES string of the molecule is CN=C(NCc1ccccc1CN1CCOCC1)N1CCC(COCCOC)C1.I. The molecule has 0 spiro atoms. The van der Waals surface area contributed by atoms with Gasteiger partial charge in [0.1, 0.15) is 0 Å². The molecule has 0 aromatic heterocycles. The van der Waals surface area contributed by atoms with E-state index in [9.17, 15) is 0 Å². The summed E-state index contributed by atoms with van der Waals surface area (Å²) in [4.78, 5) is 9.32. The number of nitrogens with one attached hydrogen (secondary N) is 1. The minimum atomic E-state index is 0. The number of likely N-dealkylation sites (tertiary alicyclic amines) is 1. The molecule has 8 heteroatoms. The van der Waals surface area contributed by atoms with E-state index in [1.165, 1.54) is 11.1 Å². The largest absolute Gasteiger partial charge is 0.382 e. The number of hydrogen-bond acceptors (Lipinski definition) is 5. The monoisotopic (exact) mass is 532 g/mol. The lowest BCUT2D eigenvalue weighted by Crippen LogP contribution is -2.40. The maximum atomic E-state index is 5.71. The Balaban J connectivity index is 0.00000320. The lowest BCUT2D eigenvalue weighted by atomic mass is 10.1. The molecule has 1 unspecified atom stereocenters. The highest BCUT2D eigenvalue weighted by Gasteiger charge is 2.25. The Morgan fingerprint density at radius 1 is 1.17 bits per heavy atom. The fourth-order valence-electron chi connectivity index (χ4n) is 3.94. The van der Waals surface area contributed by atoms with Crippen LogP contribution in [0.1, 0.15) is 17.5 Å². The second-order valence-electron chi connectivity index (χ2n) is 7.73. The summed E-state index contributed by atoms with van der Waals surface area (Å²) in [6.45, 7) is 9.56. The highest BCUT2D eigenvalue weighted by Crippen LogP contribution is 2.17. The molecule has 0 radical (unpaired) electrons. The van der Waals surface area contributed by atoms with Crippen LogP contribution in [0.3, 0.4) is 0 Å². The molecule has 2 saturated heterocycles. The summed E-state index contributed by atoms with van der Waals surface area (Å²) in [5.74, 6) is 1.53. The van der Waals surface area contributed by atoms with E-state index < -0.39 is 0 Å². The first kappa shape index (κ1) is 25.3. The molecular weight excluding hydrogens is 495 g/mol. The van der Waals surface area contributed by atoms with Gasteiger partial charge in [-0.15, -0.1) is 24.0 Å². The quantitative estimate of drug-likeness (QED) is 0.228. The van der Waals surface area contributed by atoms with E-state index in [-0.39, 0.29) is 24.0 Å². The van der Waals surface area contributed by atoms with Gasteiger partial charge in [-0.1, -0.05) is 24.3 Å². The molecule has 30 heavy (non-hydrogen) atoms. The van der Waals surface area contributed by atoms with Crippen LogP contribution < -0.4 is 5.32 Å². The lowest BCUT2D eigenvalue weighted by Gasteiger charge is -2.28. The summed E-state index contributed by atoms with van der Waals surface area (Å²) in [7, 11) is 3.57. The number of methoxy groups -OCH3 is 1. The summed E-state index contributed by atoms with van der Waals surface area (Å²) in [5, 5.41) is 3.57. The number of hydrogen-bond donors (Lipinski definition) is 1. The van der Waals surface area contributed by atoms with E-state index >= 15 is 0 Å². The van der Waals surface area contributed by atoms with Crippen LogP contribution in [0.5, 0.6) is 0 Å². The second kappa shape index (κ2) is 14.2. The number of aliphatic imine (C=N–C) groups is 1. The van der Waals surface area contributed by atoms with Crippen molar-refractivity contribution < 1.29 is 14.2 Å². The van der Waals surface area contributed by atoms with E-state index in [0.717, 1.165) is 71.5 Å². The van der Waals surface area contributed by atoms with Gasteiger partial charge in [-0.2, -0.15) is 0 Å². The minimum absolute atomic E-state index is 0. The number of ether oxygens (including phenoxy) is 3. The van der Waals surface area contributed by atoms with Gasteiger partial charge in [0, 0.05) is 59.3 Å². The Kier molecular flexibility index (Phi) is 12.0. The molecule has 1 aromatic rings. The summed E-state index contributed by atoms with van der Waals surface area (Å²) in [6, 6.07) is 8.69. The van der Waals surface area contributed by atoms with E-state index in [2.05, 4.69) is 44.4 Å². The number of morpholine rings is 1. The highest BCUT2D eigenvalue weighted by atomic mass is 127. The number of guanidine groups is 1. The molecule has 2 aliphatic rings. The second-order valence-corrected chi connectivity index (χ2v) is 7.73. The predicted molar refractivity (Wildman–Crippen MR) is 131 cm³/mol. The van der Waals surface area contributed by atoms with Crippen molar-refractivity contribution in [2.75, 3.05) is 73.4 Å².